The van der Waals surface area contributed by atoms with Gasteiger partial charge in [-0.3, -0.25) is 9.78 Å². The van der Waals surface area contributed by atoms with Crippen molar-refractivity contribution in [3.8, 4) is 5.75 Å². The number of aromatic nitrogens is 1. The second-order valence-electron chi connectivity index (χ2n) is 6.52. The first kappa shape index (κ1) is 22.5. The fourth-order valence-electron chi connectivity index (χ4n) is 2.60. The third-order valence-corrected chi connectivity index (χ3v) is 4.07. The predicted molar refractivity (Wildman–Crippen MR) is 92.2 cm³/mol. The maximum absolute atomic E-state index is 13.1. The van der Waals surface area contributed by atoms with Crippen LogP contribution in [-0.4, -0.2) is 28.9 Å². The lowest BCUT2D eigenvalue weighted by molar-refractivity contribution is -0.143. The van der Waals surface area contributed by atoms with E-state index in [1.807, 2.05) is 0 Å². The van der Waals surface area contributed by atoms with E-state index in [0.29, 0.717) is 17.9 Å². The van der Waals surface area contributed by atoms with Crippen LogP contribution in [0.25, 0.3) is 0 Å². The molecule has 29 heavy (non-hydrogen) atoms. The number of methoxy groups -OCH3 is 1. The lowest BCUT2D eigenvalue weighted by atomic mass is 10.0. The Morgan fingerprint density at radius 3 is 2.03 bits per heavy atom. The van der Waals surface area contributed by atoms with Crippen LogP contribution in [0.5, 0.6) is 5.75 Å². The predicted octanol–water partition coefficient (Wildman–Crippen LogP) is 5.18. The van der Waals surface area contributed by atoms with Crippen LogP contribution < -0.4 is 4.74 Å². The summed E-state index contributed by atoms with van der Waals surface area (Å²) >= 11 is 0. The van der Waals surface area contributed by atoms with E-state index in [2.05, 4.69) is 4.98 Å². The molecule has 2 rings (SSSR count). The molecule has 0 aliphatic carbocycles. The van der Waals surface area contributed by atoms with Crippen LogP contribution in [0.3, 0.4) is 0 Å². The van der Waals surface area contributed by atoms with Gasteiger partial charge in [0.1, 0.15) is 11.4 Å². The van der Waals surface area contributed by atoms with Crippen molar-refractivity contribution in [2.24, 2.45) is 0 Å². The largest absolute Gasteiger partial charge is 0.497 e. The van der Waals surface area contributed by atoms with Crippen molar-refractivity contribution in [2.75, 3.05) is 7.11 Å². The van der Waals surface area contributed by atoms with Crippen LogP contribution in [-0.2, 0) is 18.9 Å². The number of rotatable bonds is 5. The zero-order chi connectivity index (χ0) is 22.0. The van der Waals surface area contributed by atoms with Gasteiger partial charge in [0.05, 0.1) is 18.2 Å². The fraction of sp³-hybridized carbons (Fsp3) is 0.368. The molecule has 0 saturated carbocycles. The highest BCUT2D eigenvalue weighted by molar-refractivity contribution is 5.92. The number of carbonyl (C=O) groups is 1. The molecule has 0 fully saturated rings. The first-order chi connectivity index (χ1) is 13.3. The van der Waals surface area contributed by atoms with Crippen molar-refractivity contribution in [3.05, 3.63) is 58.9 Å². The molecule has 0 N–H and O–H groups in total. The number of benzene rings is 1. The van der Waals surface area contributed by atoms with Crippen molar-refractivity contribution in [2.45, 2.75) is 38.8 Å². The van der Waals surface area contributed by atoms with Gasteiger partial charge in [-0.25, -0.2) is 0 Å². The average Bonchev–Trinajstić information content (AvgIpc) is 2.63. The van der Waals surface area contributed by atoms with Crippen molar-refractivity contribution >= 4 is 5.91 Å². The van der Waals surface area contributed by atoms with Crippen LogP contribution in [0.15, 0.2) is 36.5 Å². The third-order valence-electron chi connectivity index (χ3n) is 4.07. The van der Waals surface area contributed by atoms with E-state index in [1.54, 1.807) is 13.8 Å². The van der Waals surface area contributed by atoms with Gasteiger partial charge in [0, 0.05) is 24.8 Å². The van der Waals surface area contributed by atoms with Gasteiger partial charge in [-0.1, -0.05) is 0 Å². The molecule has 0 aliphatic rings. The Morgan fingerprint density at radius 2 is 1.59 bits per heavy atom. The Hall–Kier alpha value is -2.78. The highest BCUT2D eigenvalue weighted by Gasteiger charge is 2.37. The molecule has 0 saturated heterocycles. The quantitative estimate of drug-likeness (QED) is 0.626. The van der Waals surface area contributed by atoms with Gasteiger partial charge in [-0.2, -0.15) is 26.3 Å². The zero-order valence-electron chi connectivity index (χ0n) is 15.7. The van der Waals surface area contributed by atoms with Gasteiger partial charge in [-0.15, -0.1) is 0 Å². The van der Waals surface area contributed by atoms with Gasteiger partial charge in [-0.05, 0) is 43.7 Å². The SMILES string of the molecule is COc1ccnc(C(=O)N(Cc2cc(C(F)(F)F)cc(C(F)(F)F)c2)C(C)C)c1. The van der Waals surface area contributed by atoms with E-state index in [-0.39, 0.29) is 17.3 Å². The first-order valence-corrected chi connectivity index (χ1v) is 8.42. The summed E-state index contributed by atoms with van der Waals surface area (Å²) in [5.74, 6) is -0.310. The number of hydrogen-bond donors (Lipinski definition) is 0. The number of halogens is 6. The Bertz CT molecular complexity index is 845. The highest BCUT2D eigenvalue weighted by atomic mass is 19.4. The topological polar surface area (TPSA) is 42.4 Å². The number of carbonyl (C=O) groups excluding carboxylic acids is 1. The lowest BCUT2D eigenvalue weighted by Gasteiger charge is -2.27. The number of nitrogens with zero attached hydrogens (tertiary/aromatic N) is 2. The monoisotopic (exact) mass is 420 g/mol. The average molecular weight is 420 g/mol. The maximum atomic E-state index is 13.1. The van der Waals surface area contributed by atoms with E-state index in [0.717, 1.165) is 4.90 Å². The van der Waals surface area contributed by atoms with Crippen LogP contribution >= 0.6 is 0 Å². The minimum Gasteiger partial charge on any atom is -0.497 e. The fourth-order valence-corrected chi connectivity index (χ4v) is 2.60. The Balaban J connectivity index is 2.45. The summed E-state index contributed by atoms with van der Waals surface area (Å²) in [6, 6.07) is 3.59. The molecular formula is C19H18F6N2O2. The van der Waals surface area contributed by atoms with Crippen LogP contribution in [0.2, 0.25) is 0 Å². The number of alkyl halides is 6. The number of pyridine rings is 1. The van der Waals surface area contributed by atoms with Crippen LogP contribution in [0.4, 0.5) is 26.3 Å². The molecule has 1 aromatic carbocycles. The van der Waals surface area contributed by atoms with Crippen molar-refractivity contribution in [1.29, 1.82) is 0 Å². The molecule has 1 aromatic heterocycles. The Kier molecular flexibility index (Phi) is 6.44. The second-order valence-corrected chi connectivity index (χ2v) is 6.52. The van der Waals surface area contributed by atoms with E-state index >= 15 is 0 Å². The number of ether oxygens (including phenoxy) is 1. The highest BCUT2D eigenvalue weighted by Crippen LogP contribution is 2.36. The number of hydrogen-bond acceptors (Lipinski definition) is 3. The number of amides is 1. The zero-order valence-corrected chi connectivity index (χ0v) is 15.7. The summed E-state index contributed by atoms with van der Waals surface area (Å²) in [6.07, 6.45) is -8.61. The van der Waals surface area contributed by atoms with E-state index in [1.165, 1.54) is 25.4 Å². The van der Waals surface area contributed by atoms with Crippen LogP contribution in [0, 0.1) is 0 Å². The summed E-state index contributed by atoms with van der Waals surface area (Å²) in [5, 5.41) is 0. The summed E-state index contributed by atoms with van der Waals surface area (Å²) in [4.78, 5) is 17.8. The van der Waals surface area contributed by atoms with Gasteiger partial charge in [0.15, 0.2) is 0 Å². The van der Waals surface area contributed by atoms with Gasteiger partial charge >= 0.3 is 12.4 Å². The van der Waals surface area contributed by atoms with Crippen molar-refractivity contribution < 1.29 is 35.9 Å². The molecule has 2 aromatic rings. The first-order valence-electron chi connectivity index (χ1n) is 8.42. The maximum Gasteiger partial charge on any atom is 0.416 e. The molecule has 1 heterocycles. The molecule has 0 radical (unpaired) electrons. The molecule has 0 bridgehead atoms. The molecule has 4 nitrogen and oxygen atoms in total. The molecular weight excluding hydrogens is 402 g/mol. The smallest absolute Gasteiger partial charge is 0.416 e. The molecule has 10 heteroatoms. The second kappa shape index (κ2) is 8.30. The van der Waals surface area contributed by atoms with Gasteiger partial charge in [0.25, 0.3) is 5.91 Å². The minimum absolute atomic E-state index is 0.0407. The Labute approximate surface area is 163 Å². The van der Waals surface area contributed by atoms with E-state index in [4.69, 9.17) is 4.74 Å². The molecule has 0 unspecified atom stereocenters. The summed E-state index contributed by atoms with van der Waals surface area (Å²) in [6.45, 7) is 2.73. The lowest BCUT2D eigenvalue weighted by Crippen LogP contribution is -2.37. The molecule has 0 spiro atoms. The molecule has 0 atom stereocenters. The standard InChI is InChI=1S/C19H18F6N2O2/c1-11(2)27(17(28)16-9-15(29-3)4-5-26-16)10-12-6-13(18(20,21)22)8-14(7-12)19(23,24)25/h4-9,11H,10H2,1-3H3. The van der Waals surface area contributed by atoms with Crippen LogP contribution in [0.1, 0.15) is 41.0 Å². The normalized spacial score (nSPS) is 12.2. The van der Waals surface area contributed by atoms with Gasteiger partial charge < -0.3 is 9.64 Å². The Morgan fingerprint density at radius 1 is 1.03 bits per heavy atom. The van der Waals surface area contributed by atoms with E-state index < -0.39 is 42.0 Å². The van der Waals surface area contributed by atoms with Crippen molar-refractivity contribution in [1.82, 2.24) is 9.88 Å². The molecule has 0 aliphatic heterocycles. The summed E-state index contributed by atoms with van der Waals surface area (Å²) < 4.78 is 83.4. The van der Waals surface area contributed by atoms with E-state index in [9.17, 15) is 31.1 Å². The minimum atomic E-state index is -4.96. The van der Waals surface area contributed by atoms with Crippen molar-refractivity contribution in [3.63, 3.8) is 0 Å². The molecule has 1 amide bonds. The molecule has 158 valence electrons. The third kappa shape index (κ3) is 5.61. The van der Waals surface area contributed by atoms with Gasteiger partial charge in [0.2, 0.25) is 0 Å². The summed E-state index contributed by atoms with van der Waals surface area (Å²) in [7, 11) is 1.38. The summed E-state index contributed by atoms with van der Waals surface area (Å²) in [5.41, 5.74) is -3.20.